The van der Waals surface area contributed by atoms with Gasteiger partial charge in [-0.2, -0.15) is 11.8 Å². The Labute approximate surface area is 113 Å². The third kappa shape index (κ3) is 4.27. The number of thiazole rings is 1. The van der Waals surface area contributed by atoms with Gasteiger partial charge in [0.2, 0.25) is 0 Å². The summed E-state index contributed by atoms with van der Waals surface area (Å²) in [6.07, 6.45) is 2.33. The normalized spacial score (nSPS) is 21.7. The van der Waals surface area contributed by atoms with Crippen molar-refractivity contribution in [2.45, 2.75) is 39.7 Å². The van der Waals surface area contributed by atoms with Crippen LogP contribution in [-0.4, -0.2) is 23.0 Å². The van der Waals surface area contributed by atoms with Gasteiger partial charge in [-0.15, -0.1) is 11.3 Å². The van der Waals surface area contributed by atoms with Gasteiger partial charge in [0, 0.05) is 23.4 Å². The molecule has 0 radical (unpaired) electrons. The van der Waals surface area contributed by atoms with Gasteiger partial charge in [0.1, 0.15) is 0 Å². The second kappa shape index (κ2) is 5.72. The van der Waals surface area contributed by atoms with Crippen molar-refractivity contribution in [3.05, 3.63) is 16.1 Å². The molecule has 1 aromatic rings. The first-order valence-electron chi connectivity index (χ1n) is 6.30. The third-order valence-electron chi connectivity index (χ3n) is 2.94. The summed E-state index contributed by atoms with van der Waals surface area (Å²) in [5.74, 6) is 2.40. The number of hydrogen-bond donors (Lipinski definition) is 1. The van der Waals surface area contributed by atoms with Crippen LogP contribution in [0.15, 0.2) is 5.38 Å². The fourth-order valence-electron chi connectivity index (χ4n) is 1.84. The Morgan fingerprint density at radius 3 is 2.94 bits per heavy atom. The maximum atomic E-state index is 4.78. The number of aromatic nitrogens is 1. The summed E-state index contributed by atoms with van der Waals surface area (Å²) in [4.78, 5) is 4.78. The summed E-state index contributed by atoms with van der Waals surface area (Å²) >= 11 is 3.85. The highest BCUT2D eigenvalue weighted by Gasteiger charge is 2.18. The molecule has 0 aromatic carbocycles. The lowest BCUT2D eigenvalue weighted by Crippen LogP contribution is -2.30. The van der Waals surface area contributed by atoms with Crippen molar-refractivity contribution in [3.8, 4) is 0 Å². The minimum absolute atomic E-state index is 0.408. The van der Waals surface area contributed by atoms with Gasteiger partial charge in [-0.1, -0.05) is 20.8 Å². The Hall–Kier alpha value is -0.0600. The Kier molecular flexibility index (Phi) is 4.50. The largest absolute Gasteiger partial charge is 0.307 e. The Balaban J connectivity index is 1.91. The molecule has 1 aliphatic rings. The molecule has 2 rings (SSSR count). The van der Waals surface area contributed by atoms with E-state index in [1.807, 2.05) is 23.1 Å². The number of nitrogens with zero attached hydrogens (tertiary/aromatic N) is 1. The number of hydrogen-bond acceptors (Lipinski definition) is 4. The van der Waals surface area contributed by atoms with Gasteiger partial charge < -0.3 is 5.32 Å². The lowest BCUT2D eigenvalue weighted by atomic mass is 9.91. The van der Waals surface area contributed by atoms with E-state index < -0.39 is 0 Å². The van der Waals surface area contributed by atoms with Crippen molar-refractivity contribution in [2.75, 3.05) is 18.1 Å². The first-order chi connectivity index (χ1) is 8.04. The lowest BCUT2D eigenvalue weighted by Gasteiger charge is -2.21. The van der Waals surface area contributed by atoms with E-state index in [0.717, 1.165) is 13.0 Å². The van der Waals surface area contributed by atoms with Crippen molar-refractivity contribution < 1.29 is 0 Å². The first kappa shape index (κ1) is 13.4. The molecule has 4 heteroatoms. The predicted octanol–water partition coefficient (Wildman–Crippen LogP) is 3.50. The minimum atomic E-state index is 0.408. The molecule has 1 saturated heterocycles. The molecule has 2 nitrogen and oxygen atoms in total. The van der Waals surface area contributed by atoms with Crippen molar-refractivity contribution in [1.29, 1.82) is 0 Å². The Bertz CT molecular complexity index is 349. The van der Waals surface area contributed by atoms with E-state index in [1.54, 1.807) is 0 Å². The van der Waals surface area contributed by atoms with Gasteiger partial charge in [-0.05, 0) is 18.3 Å². The molecule has 0 aliphatic carbocycles. The van der Waals surface area contributed by atoms with Gasteiger partial charge in [-0.25, -0.2) is 4.98 Å². The number of rotatable bonds is 3. The summed E-state index contributed by atoms with van der Waals surface area (Å²) in [6, 6.07) is 0.480. The molecular formula is C13H22N2S2. The number of thioether (sulfide) groups is 1. The fourth-order valence-corrected chi connectivity index (χ4v) is 3.64. The molecule has 0 bridgehead atoms. The van der Waals surface area contributed by atoms with Crippen LogP contribution in [0, 0.1) is 5.41 Å². The first-order valence-corrected chi connectivity index (χ1v) is 8.33. The molecule has 1 aromatic heterocycles. The zero-order valence-corrected chi connectivity index (χ0v) is 12.6. The van der Waals surface area contributed by atoms with Gasteiger partial charge in [0.15, 0.2) is 0 Å². The highest BCUT2D eigenvalue weighted by molar-refractivity contribution is 7.99. The maximum Gasteiger partial charge on any atom is 0.0929 e. The molecule has 1 atom stereocenters. The van der Waals surface area contributed by atoms with E-state index in [4.69, 9.17) is 4.98 Å². The van der Waals surface area contributed by atoms with Crippen LogP contribution in [0.3, 0.4) is 0 Å². The monoisotopic (exact) mass is 270 g/mol. The summed E-state index contributed by atoms with van der Waals surface area (Å²) in [5, 5.41) is 7.08. The summed E-state index contributed by atoms with van der Waals surface area (Å²) < 4.78 is 0. The second-order valence-corrected chi connectivity index (χ2v) is 7.90. The van der Waals surface area contributed by atoms with Crippen molar-refractivity contribution in [3.63, 3.8) is 0 Å². The Morgan fingerprint density at radius 1 is 1.47 bits per heavy atom. The Morgan fingerprint density at radius 2 is 2.29 bits per heavy atom. The number of nitrogens with one attached hydrogen (secondary N) is 1. The van der Waals surface area contributed by atoms with Crippen molar-refractivity contribution in [1.82, 2.24) is 10.3 Å². The van der Waals surface area contributed by atoms with E-state index in [2.05, 4.69) is 31.5 Å². The molecule has 0 amide bonds. The van der Waals surface area contributed by atoms with Crippen LogP contribution in [0.25, 0.3) is 0 Å². The fraction of sp³-hybridized carbons (Fsp3) is 0.769. The maximum absolute atomic E-state index is 4.78. The van der Waals surface area contributed by atoms with Crippen LogP contribution in [0.1, 0.15) is 43.9 Å². The summed E-state index contributed by atoms with van der Waals surface area (Å²) in [6.45, 7) is 7.99. The van der Waals surface area contributed by atoms with Gasteiger partial charge in [0.05, 0.1) is 16.7 Å². The van der Waals surface area contributed by atoms with Crippen LogP contribution in [0.5, 0.6) is 0 Å². The van der Waals surface area contributed by atoms with Crippen molar-refractivity contribution in [2.24, 2.45) is 5.41 Å². The van der Waals surface area contributed by atoms with Gasteiger partial charge in [-0.3, -0.25) is 0 Å². The summed E-state index contributed by atoms with van der Waals surface area (Å²) in [7, 11) is 0. The average molecular weight is 270 g/mol. The second-order valence-electron chi connectivity index (χ2n) is 5.81. The molecule has 0 spiro atoms. The number of aryl methyl sites for hydroxylation is 1. The van der Waals surface area contributed by atoms with Crippen molar-refractivity contribution >= 4 is 23.1 Å². The minimum Gasteiger partial charge on any atom is -0.307 e. The predicted molar refractivity (Wildman–Crippen MR) is 78.0 cm³/mol. The molecular weight excluding hydrogens is 248 g/mol. The average Bonchev–Trinajstić information content (AvgIpc) is 2.75. The molecule has 1 unspecified atom stereocenters. The smallest absolute Gasteiger partial charge is 0.0929 e. The van der Waals surface area contributed by atoms with Crippen LogP contribution >= 0.6 is 23.1 Å². The quantitative estimate of drug-likeness (QED) is 0.910. The molecule has 1 aliphatic heterocycles. The van der Waals surface area contributed by atoms with E-state index in [9.17, 15) is 0 Å². The zero-order valence-electron chi connectivity index (χ0n) is 11.0. The van der Waals surface area contributed by atoms with E-state index in [0.29, 0.717) is 11.5 Å². The molecule has 96 valence electrons. The van der Waals surface area contributed by atoms with E-state index in [-0.39, 0.29) is 0 Å². The van der Waals surface area contributed by atoms with Crippen LogP contribution in [0.4, 0.5) is 0 Å². The molecule has 1 fully saturated rings. The van der Waals surface area contributed by atoms with Crippen LogP contribution in [0.2, 0.25) is 0 Å². The van der Waals surface area contributed by atoms with Gasteiger partial charge in [0.25, 0.3) is 0 Å². The van der Waals surface area contributed by atoms with E-state index in [1.165, 1.54) is 28.6 Å². The van der Waals surface area contributed by atoms with E-state index >= 15 is 0 Å². The standard InChI is InChI=1S/C13H22N2S2/c1-13(2,3)5-4-12-15-11(9-17-12)10-8-16-7-6-14-10/h9-10,14H,4-8H2,1-3H3. The highest BCUT2D eigenvalue weighted by atomic mass is 32.2. The molecule has 2 heterocycles. The lowest BCUT2D eigenvalue weighted by molar-refractivity contribution is 0.377. The molecule has 0 saturated carbocycles. The van der Waals surface area contributed by atoms with Gasteiger partial charge >= 0.3 is 0 Å². The SMILES string of the molecule is CC(C)(C)CCc1nc(C2CSCCN2)cs1. The molecule has 17 heavy (non-hydrogen) atoms. The third-order valence-corrected chi connectivity index (χ3v) is 4.93. The topological polar surface area (TPSA) is 24.9 Å². The summed E-state index contributed by atoms with van der Waals surface area (Å²) in [5.41, 5.74) is 1.66. The van der Waals surface area contributed by atoms with Crippen LogP contribution < -0.4 is 5.32 Å². The van der Waals surface area contributed by atoms with Crippen LogP contribution in [-0.2, 0) is 6.42 Å². The highest BCUT2D eigenvalue weighted by Crippen LogP contribution is 2.26. The zero-order chi connectivity index (χ0) is 12.3. The molecule has 1 N–H and O–H groups in total.